The summed E-state index contributed by atoms with van der Waals surface area (Å²) in [5.74, 6) is 0.710. The minimum absolute atomic E-state index is 0.169. The first-order chi connectivity index (χ1) is 8.95. The summed E-state index contributed by atoms with van der Waals surface area (Å²) < 4.78 is 0. The quantitative estimate of drug-likeness (QED) is 0.823. The van der Waals surface area contributed by atoms with E-state index in [-0.39, 0.29) is 6.04 Å². The van der Waals surface area contributed by atoms with Crippen molar-refractivity contribution in [2.75, 3.05) is 24.5 Å². The highest BCUT2D eigenvalue weighted by Crippen LogP contribution is 2.23. The van der Waals surface area contributed by atoms with Crippen LogP contribution in [0.1, 0.15) is 11.7 Å². The fraction of sp³-hybridized carbons (Fsp3) is 0.333. The predicted molar refractivity (Wildman–Crippen MR) is 67.0 cm³/mol. The molecule has 0 aliphatic carbocycles. The van der Waals surface area contributed by atoms with Crippen molar-refractivity contribution in [2.45, 2.75) is 6.04 Å². The Balaban J connectivity index is 1.92. The second-order valence-corrected chi connectivity index (χ2v) is 4.11. The van der Waals surface area contributed by atoms with Gasteiger partial charge >= 0.3 is 0 Å². The van der Waals surface area contributed by atoms with Crippen LogP contribution in [-0.4, -0.2) is 39.6 Å². The molecule has 0 bridgehead atoms. The molecule has 3 rings (SSSR count). The standard InChI is InChI=1S/C12H14N6/c1-2-4-15-10(3-1)11-7-13-5-6-18(11)12-16-8-14-9-17-12/h1-4,8-9,11,13H,5-7H2. The minimum Gasteiger partial charge on any atom is -0.330 e. The largest absolute Gasteiger partial charge is 0.330 e. The second-order valence-electron chi connectivity index (χ2n) is 4.11. The molecule has 92 valence electrons. The Labute approximate surface area is 105 Å². The van der Waals surface area contributed by atoms with Crippen molar-refractivity contribution in [1.82, 2.24) is 25.3 Å². The van der Waals surface area contributed by atoms with E-state index in [2.05, 4.69) is 30.2 Å². The molecule has 0 aromatic carbocycles. The zero-order valence-electron chi connectivity index (χ0n) is 9.90. The van der Waals surface area contributed by atoms with Gasteiger partial charge in [0.2, 0.25) is 5.95 Å². The SMILES string of the molecule is c1ccc(C2CNCCN2c2ncncn2)nc1. The van der Waals surface area contributed by atoms with Gasteiger partial charge in [-0.1, -0.05) is 6.07 Å². The van der Waals surface area contributed by atoms with Crippen LogP contribution < -0.4 is 10.2 Å². The van der Waals surface area contributed by atoms with Gasteiger partial charge in [-0.3, -0.25) is 4.98 Å². The highest BCUT2D eigenvalue weighted by molar-refractivity contribution is 5.34. The molecule has 0 saturated carbocycles. The molecule has 6 heteroatoms. The Morgan fingerprint density at radius 3 is 2.83 bits per heavy atom. The Bertz CT molecular complexity index is 441. The van der Waals surface area contributed by atoms with Crippen molar-refractivity contribution in [3.8, 4) is 0 Å². The van der Waals surface area contributed by atoms with Gasteiger partial charge in [-0.05, 0) is 12.1 Å². The van der Waals surface area contributed by atoms with Gasteiger partial charge in [-0.2, -0.15) is 0 Å². The maximum atomic E-state index is 4.43. The predicted octanol–water partition coefficient (Wildman–Crippen LogP) is 0.417. The van der Waals surface area contributed by atoms with E-state index in [9.17, 15) is 0 Å². The lowest BCUT2D eigenvalue weighted by molar-refractivity contribution is 0.474. The van der Waals surface area contributed by atoms with E-state index in [0.29, 0.717) is 5.95 Å². The number of aromatic nitrogens is 4. The van der Waals surface area contributed by atoms with Crippen LogP contribution >= 0.6 is 0 Å². The topological polar surface area (TPSA) is 66.8 Å². The Morgan fingerprint density at radius 2 is 2.06 bits per heavy atom. The molecule has 1 aliphatic rings. The van der Waals surface area contributed by atoms with Gasteiger partial charge in [0.1, 0.15) is 12.7 Å². The number of piperazine rings is 1. The second kappa shape index (κ2) is 5.05. The monoisotopic (exact) mass is 242 g/mol. The van der Waals surface area contributed by atoms with E-state index in [1.54, 1.807) is 0 Å². The third-order valence-electron chi connectivity index (χ3n) is 3.01. The van der Waals surface area contributed by atoms with Crippen molar-refractivity contribution in [1.29, 1.82) is 0 Å². The highest BCUT2D eigenvalue weighted by Gasteiger charge is 2.26. The molecule has 2 aromatic heterocycles. The molecule has 1 fully saturated rings. The Hall–Kier alpha value is -2.08. The van der Waals surface area contributed by atoms with Crippen LogP contribution in [0.5, 0.6) is 0 Å². The minimum atomic E-state index is 0.169. The summed E-state index contributed by atoms with van der Waals surface area (Å²) in [5.41, 5.74) is 1.03. The molecule has 0 amide bonds. The van der Waals surface area contributed by atoms with Crippen molar-refractivity contribution >= 4 is 5.95 Å². The number of hydrogen-bond donors (Lipinski definition) is 1. The molecule has 1 saturated heterocycles. The normalized spacial score (nSPS) is 19.8. The summed E-state index contributed by atoms with van der Waals surface area (Å²) >= 11 is 0. The van der Waals surface area contributed by atoms with Gasteiger partial charge in [-0.15, -0.1) is 0 Å². The lowest BCUT2D eigenvalue weighted by Crippen LogP contribution is -2.47. The molecule has 1 unspecified atom stereocenters. The first-order valence-electron chi connectivity index (χ1n) is 5.95. The van der Waals surface area contributed by atoms with E-state index in [0.717, 1.165) is 25.3 Å². The van der Waals surface area contributed by atoms with E-state index in [1.807, 2.05) is 24.4 Å². The number of rotatable bonds is 2. The fourth-order valence-corrected chi connectivity index (χ4v) is 2.16. The van der Waals surface area contributed by atoms with Crippen LogP contribution in [0, 0.1) is 0 Å². The molecule has 1 N–H and O–H groups in total. The first-order valence-corrected chi connectivity index (χ1v) is 5.95. The van der Waals surface area contributed by atoms with Crippen LogP contribution in [0.15, 0.2) is 37.1 Å². The summed E-state index contributed by atoms with van der Waals surface area (Å²) in [6.07, 6.45) is 4.87. The highest BCUT2D eigenvalue weighted by atomic mass is 15.3. The molecule has 6 nitrogen and oxygen atoms in total. The van der Waals surface area contributed by atoms with E-state index >= 15 is 0 Å². The van der Waals surface area contributed by atoms with Crippen molar-refractivity contribution in [3.05, 3.63) is 42.7 Å². The fourth-order valence-electron chi connectivity index (χ4n) is 2.16. The zero-order valence-corrected chi connectivity index (χ0v) is 9.90. The third-order valence-corrected chi connectivity index (χ3v) is 3.01. The van der Waals surface area contributed by atoms with E-state index in [1.165, 1.54) is 12.7 Å². The molecule has 0 spiro atoms. The van der Waals surface area contributed by atoms with Gasteiger partial charge in [0.25, 0.3) is 0 Å². The molecule has 1 atom stereocenters. The molecule has 0 radical (unpaired) electrons. The van der Waals surface area contributed by atoms with Crippen molar-refractivity contribution < 1.29 is 0 Å². The number of anilines is 1. The van der Waals surface area contributed by atoms with Gasteiger partial charge in [0, 0.05) is 25.8 Å². The Kier molecular flexibility index (Phi) is 3.10. The van der Waals surface area contributed by atoms with Gasteiger partial charge < -0.3 is 10.2 Å². The van der Waals surface area contributed by atoms with Gasteiger partial charge in [0.05, 0.1) is 11.7 Å². The maximum Gasteiger partial charge on any atom is 0.228 e. The maximum absolute atomic E-state index is 4.43. The van der Waals surface area contributed by atoms with Crippen LogP contribution in [0.2, 0.25) is 0 Å². The van der Waals surface area contributed by atoms with Gasteiger partial charge in [-0.25, -0.2) is 15.0 Å². The average Bonchev–Trinajstić information content (AvgIpc) is 2.49. The van der Waals surface area contributed by atoms with Crippen molar-refractivity contribution in [2.24, 2.45) is 0 Å². The number of hydrogen-bond acceptors (Lipinski definition) is 6. The van der Waals surface area contributed by atoms with Crippen LogP contribution in [0.4, 0.5) is 5.95 Å². The first kappa shape index (κ1) is 11.0. The van der Waals surface area contributed by atoms with Gasteiger partial charge in [0.15, 0.2) is 0 Å². The molecular weight excluding hydrogens is 228 g/mol. The molecule has 1 aliphatic heterocycles. The van der Waals surface area contributed by atoms with E-state index in [4.69, 9.17) is 0 Å². The third kappa shape index (κ3) is 2.14. The number of nitrogens with zero attached hydrogens (tertiary/aromatic N) is 5. The van der Waals surface area contributed by atoms with Crippen LogP contribution in [-0.2, 0) is 0 Å². The van der Waals surface area contributed by atoms with E-state index < -0.39 is 0 Å². The summed E-state index contributed by atoms with van der Waals surface area (Å²) in [5, 5.41) is 3.38. The molecular formula is C12H14N6. The van der Waals surface area contributed by atoms with Crippen molar-refractivity contribution in [3.63, 3.8) is 0 Å². The van der Waals surface area contributed by atoms with Crippen LogP contribution in [0.3, 0.4) is 0 Å². The molecule has 3 heterocycles. The number of pyridine rings is 1. The average molecular weight is 242 g/mol. The summed E-state index contributed by atoms with van der Waals surface area (Å²) in [6.45, 7) is 2.64. The molecule has 18 heavy (non-hydrogen) atoms. The van der Waals surface area contributed by atoms with Crippen LogP contribution in [0.25, 0.3) is 0 Å². The summed E-state index contributed by atoms with van der Waals surface area (Å²) in [4.78, 5) is 18.9. The lowest BCUT2D eigenvalue weighted by atomic mass is 10.1. The zero-order chi connectivity index (χ0) is 12.2. The summed E-state index contributed by atoms with van der Waals surface area (Å²) in [6, 6.07) is 6.13. The summed E-state index contributed by atoms with van der Waals surface area (Å²) in [7, 11) is 0. The lowest BCUT2D eigenvalue weighted by Gasteiger charge is -2.35. The molecule has 2 aromatic rings. The smallest absolute Gasteiger partial charge is 0.228 e. The Morgan fingerprint density at radius 1 is 1.17 bits per heavy atom. The number of nitrogens with one attached hydrogen (secondary N) is 1.